The summed E-state index contributed by atoms with van der Waals surface area (Å²) in [6, 6.07) is -0.0344. The smallest absolute Gasteiger partial charge is 0.241 e. The van der Waals surface area contributed by atoms with Crippen molar-refractivity contribution in [1.82, 2.24) is 15.1 Å². The van der Waals surface area contributed by atoms with E-state index < -0.39 is 0 Å². The minimum atomic E-state index is -0.0344. The Hall–Kier alpha value is -0.650. The second-order valence-corrected chi connectivity index (χ2v) is 6.44. The Balaban J connectivity index is 2.00. The molecule has 2 rings (SSSR count). The molecule has 116 valence electrons. The maximum absolute atomic E-state index is 12.6. The van der Waals surface area contributed by atoms with E-state index in [4.69, 9.17) is 4.74 Å². The number of nitrogens with zero attached hydrogens (tertiary/aromatic N) is 2. The van der Waals surface area contributed by atoms with Gasteiger partial charge in [-0.2, -0.15) is 0 Å². The first-order valence-corrected chi connectivity index (χ1v) is 7.89. The van der Waals surface area contributed by atoms with E-state index in [2.05, 4.69) is 38.0 Å². The molecule has 0 saturated carbocycles. The van der Waals surface area contributed by atoms with Crippen LogP contribution in [0.3, 0.4) is 0 Å². The maximum atomic E-state index is 12.6. The lowest BCUT2D eigenvalue weighted by molar-refractivity contribution is -0.134. The van der Waals surface area contributed by atoms with Gasteiger partial charge in [-0.05, 0) is 19.4 Å². The van der Waals surface area contributed by atoms with Crippen molar-refractivity contribution >= 4 is 5.91 Å². The number of rotatable bonds is 5. The van der Waals surface area contributed by atoms with Crippen molar-refractivity contribution in [2.45, 2.75) is 51.9 Å². The molecule has 0 aliphatic carbocycles. The summed E-state index contributed by atoms with van der Waals surface area (Å²) in [4.78, 5) is 16.9. The minimum absolute atomic E-state index is 0.0344. The fraction of sp³-hybridized carbons (Fsp3) is 0.933. The lowest BCUT2D eigenvalue weighted by atomic mass is 10.0. The number of carbonyl (C=O) groups is 1. The first kappa shape index (κ1) is 15.7. The molecule has 20 heavy (non-hydrogen) atoms. The molecule has 0 bridgehead atoms. The molecule has 5 nitrogen and oxygen atoms in total. The standard InChI is InChI=1S/C15H29N3O2/c1-5-6-13-16-14(11(2)3)15(19)18(13)10-12-9-17(4)7-8-20-12/h11-14,16H,5-10H2,1-4H3. The lowest BCUT2D eigenvalue weighted by Crippen LogP contribution is -2.49. The second kappa shape index (κ2) is 6.87. The van der Waals surface area contributed by atoms with Crippen LogP contribution in [0.2, 0.25) is 0 Å². The van der Waals surface area contributed by atoms with Crippen molar-refractivity contribution in [3.8, 4) is 0 Å². The fourth-order valence-corrected chi connectivity index (χ4v) is 3.10. The van der Waals surface area contributed by atoms with E-state index >= 15 is 0 Å². The van der Waals surface area contributed by atoms with Crippen molar-refractivity contribution in [2.24, 2.45) is 5.92 Å². The number of hydrogen-bond donors (Lipinski definition) is 1. The van der Waals surface area contributed by atoms with Gasteiger partial charge in [-0.1, -0.05) is 27.2 Å². The Labute approximate surface area is 122 Å². The molecule has 2 saturated heterocycles. The van der Waals surface area contributed by atoms with Gasteiger partial charge < -0.3 is 14.5 Å². The van der Waals surface area contributed by atoms with Gasteiger partial charge in [0.15, 0.2) is 0 Å². The molecule has 0 aromatic heterocycles. The zero-order valence-corrected chi connectivity index (χ0v) is 13.3. The van der Waals surface area contributed by atoms with Gasteiger partial charge in [-0.15, -0.1) is 0 Å². The van der Waals surface area contributed by atoms with Gasteiger partial charge in [0.25, 0.3) is 0 Å². The SMILES string of the molecule is CCCC1NC(C(C)C)C(=O)N1CC1CN(C)CCO1. The molecule has 0 radical (unpaired) electrons. The topological polar surface area (TPSA) is 44.8 Å². The molecule has 3 unspecified atom stereocenters. The minimum Gasteiger partial charge on any atom is -0.374 e. The summed E-state index contributed by atoms with van der Waals surface area (Å²) in [6.45, 7) is 9.75. The van der Waals surface area contributed by atoms with Crippen LogP contribution >= 0.6 is 0 Å². The zero-order chi connectivity index (χ0) is 14.7. The molecule has 1 N–H and O–H groups in total. The highest BCUT2D eigenvalue weighted by atomic mass is 16.5. The van der Waals surface area contributed by atoms with Crippen LogP contribution < -0.4 is 5.32 Å². The van der Waals surface area contributed by atoms with Crippen LogP contribution in [0.4, 0.5) is 0 Å². The van der Waals surface area contributed by atoms with Crippen LogP contribution in [0.1, 0.15) is 33.6 Å². The highest BCUT2D eigenvalue weighted by molar-refractivity contribution is 5.84. The van der Waals surface area contributed by atoms with Gasteiger partial charge in [0.1, 0.15) is 0 Å². The van der Waals surface area contributed by atoms with Gasteiger partial charge in [0, 0.05) is 19.6 Å². The summed E-state index contributed by atoms with van der Waals surface area (Å²) in [6.07, 6.45) is 2.41. The molecule has 2 heterocycles. The molecule has 3 atom stereocenters. The Bertz CT molecular complexity index is 335. The van der Waals surface area contributed by atoms with Crippen LogP contribution in [-0.2, 0) is 9.53 Å². The van der Waals surface area contributed by atoms with Gasteiger partial charge in [0.2, 0.25) is 5.91 Å². The van der Waals surface area contributed by atoms with Crippen LogP contribution in [0.15, 0.2) is 0 Å². The Morgan fingerprint density at radius 3 is 2.80 bits per heavy atom. The van der Waals surface area contributed by atoms with Crippen molar-refractivity contribution in [3.63, 3.8) is 0 Å². The molecule has 0 aromatic rings. The number of ether oxygens (including phenoxy) is 1. The number of carbonyl (C=O) groups excluding carboxylic acids is 1. The molecule has 2 aliphatic rings. The summed E-state index contributed by atoms with van der Waals surface area (Å²) in [7, 11) is 2.11. The maximum Gasteiger partial charge on any atom is 0.241 e. The number of amides is 1. The molecule has 0 spiro atoms. The van der Waals surface area contributed by atoms with Crippen molar-refractivity contribution < 1.29 is 9.53 Å². The number of nitrogens with one attached hydrogen (secondary N) is 1. The Morgan fingerprint density at radius 1 is 1.45 bits per heavy atom. The van der Waals surface area contributed by atoms with Crippen molar-refractivity contribution in [1.29, 1.82) is 0 Å². The van der Waals surface area contributed by atoms with E-state index in [-0.39, 0.29) is 24.2 Å². The number of morpholine rings is 1. The molecule has 5 heteroatoms. The second-order valence-electron chi connectivity index (χ2n) is 6.44. The van der Waals surface area contributed by atoms with Gasteiger partial charge in [-0.3, -0.25) is 10.1 Å². The average molecular weight is 283 g/mol. The van der Waals surface area contributed by atoms with Gasteiger partial charge >= 0.3 is 0 Å². The van der Waals surface area contributed by atoms with Crippen LogP contribution in [-0.4, -0.2) is 67.3 Å². The highest BCUT2D eigenvalue weighted by Crippen LogP contribution is 2.21. The summed E-state index contributed by atoms with van der Waals surface area (Å²) in [5.41, 5.74) is 0. The molecule has 2 fully saturated rings. The average Bonchev–Trinajstić information content (AvgIpc) is 2.68. The predicted molar refractivity (Wildman–Crippen MR) is 79.4 cm³/mol. The van der Waals surface area contributed by atoms with E-state index in [1.54, 1.807) is 0 Å². The Kier molecular flexibility index (Phi) is 5.41. The van der Waals surface area contributed by atoms with Crippen LogP contribution in [0, 0.1) is 5.92 Å². The van der Waals surface area contributed by atoms with E-state index in [1.165, 1.54) is 0 Å². The first-order chi connectivity index (χ1) is 9.52. The van der Waals surface area contributed by atoms with Crippen LogP contribution in [0.5, 0.6) is 0 Å². The third-order valence-electron chi connectivity index (χ3n) is 4.27. The molecule has 0 aromatic carbocycles. The molecule has 1 amide bonds. The Morgan fingerprint density at radius 2 is 2.20 bits per heavy atom. The van der Waals surface area contributed by atoms with E-state index in [1.807, 2.05) is 4.90 Å². The van der Waals surface area contributed by atoms with Gasteiger partial charge in [0.05, 0.1) is 24.9 Å². The van der Waals surface area contributed by atoms with E-state index in [9.17, 15) is 4.79 Å². The fourth-order valence-electron chi connectivity index (χ4n) is 3.10. The summed E-state index contributed by atoms with van der Waals surface area (Å²) in [5, 5.41) is 3.50. The van der Waals surface area contributed by atoms with Gasteiger partial charge in [-0.25, -0.2) is 0 Å². The molecular weight excluding hydrogens is 254 g/mol. The monoisotopic (exact) mass is 283 g/mol. The highest BCUT2D eigenvalue weighted by Gasteiger charge is 2.40. The predicted octanol–water partition coefficient (Wildman–Crippen LogP) is 0.900. The number of likely N-dealkylation sites (N-methyl/N-ethyl adjacent to an activating group) is 1. The molecule has 2 aliphatic heterocycles. The van der Waals surface area contributed by atoms with Crippen molar-refractivity contribution in [3.05, 3.63) is 0 Å². The van der Waals surface area contributed by atoms with Crippen LogP contribution in [0.25, 0.3) is 0 Å². The quantitative estimate of drug-likeness (QED) is 0.814. The largest absolute Gasteiger partial charge is 0.374 e. The summed E-state index contributed by atoms with van der Waals surface area (Å²) < 4.78 is 5.82. The van der Waals surface area contributed by atoms with E-state index in [0.29, 0.717) is 12.5 Å². The third-order valence-corrected chi connectivity index (χ3v) is 4.27. The molecular formula is C15H29N3O2. The lowest BCUT2D eigenvalue weighted by Gasteiger charge is -2.34. The first-order valence-electron chi connectivity index (χ1n) is 7.89. The summed E-state index contributed by atoms with van der Waals surface area (Å²) >= 11 is 0. The normalized spacial score (nSPS) is 32.4. The van der Waals surface area contributed by atoms with Crippen molar-refractivity contribution in [2.75, 3.05) is 33.3 Å². The van der Waals surface area contributed by atoms with E-state index in [0.717, 1.165) is 32.5 Å². The third kappa shape index (κ3) is 3.51. The number of hydrogen-bond acceptors (Lipinski definition) is 4. The zero-order valence-electron chi connectivity index (χ0n) is 13.3. The summed E-state index contributed by atoms with van der Waals surface area (Å²) in [5.74, 6) is 0.581.